The first-order chi connectivity index (χ1) is 8.24. The lowest BCUT2D eigenvalue weighted by atomic mass is 10.00. The highest BCUT2D eigenvalue weighted by Crippen LogP contribution is 2.27. The van der Waals surface area contributed by atoms with Gasteiger partial charge in [-0.25, -0.2) is 4.98 Å². The second-order valence-electron chi connectivity index (χ2n) is 4.87. The van der Waals surface area contributed by atoms with E-state index in [2.05, 4.69) is 16.5 Å². The van der Waals surface area contributed by atoms with Crippen LogP contribution in [0.25, 0.3) is 11.4 Å². The number of hydrogen-bond donors (Lipinski definition) is 1. The van der Waals surface area contributed by atoms with E-state index in [-0.39, 0.29) is 0 Å². The Morgan fingerprint density at radius 1 is 1.29 bits per heavy atom. The van der Waals surface area contributed by atoms with Gasteiger partial charge in [-0.2, -0.15) is 0 Å². The molecule has 17 heavy (non-hydrogen) atoms. The summed E-state index contributed by atoms with van der Waals surface area (Å²) in [6.07, 6.45) is 4.35. The maximum atomic E-state index is 9.31. The Kier molecular flexibility index (Phi) is 2.39. The van der Waals surface area contributed by atoms with Crippen molar-refractivity contribution in [1.82, 2.24) is 9.55 Å². The fraction of sp³-hybridized carbons (Fsp3) is 0.357. The molecule has 0 amide bonds. The van der Waals surface area contributed by atoms with Crippen LogP contribution in [0.5, 0.6) is 5.75 Å². The molecule has 0 bridgehead atoms. The van der Waals surface area contributed by atoms with Gasteiger partial charge in [-0.05, 0) is 43.0 Å². The predicted octanol–water partition coefficient (Wildman–Crippen LogP) is 2.84. The van der Waals surface area contributed by atoms with Gasteiger partial charge in [-0.3, -0.25) is 0 Å². The molecule has 3 heteroatoms. The zero-order valence-corrected chi connectivity index (χ0v) is 9.93. The predicted molar refractivity (Wildman–Crippen MR) is 66.8 cm³/mol. The van der Waals surface area contributed by atoms with Crippen LogP contribution in [0.1, 0.15) is 19.0 Å². The summed E-state index contributed by atoms with van der Waals surface area (Å²) < 4.78 is 2.31. The molecule has 2 heterocycles. The van der Waals surface area contributed by atoms with E-state index in [1.54, 1.807) is 12.1 Å². The number of phenolic OH excluding ortho intramolecular Hbond substituents is 1. The number of hydrogen-bond acceptors (Lipinski definition) is 2. The second-order valence-corrected chi connectivity index (χ2v) is 4.87. The van der Waals surface area contributed by atoms with Gasteiger partial charge >= 0.3 is 0 Å². The number of nitrogens with zero attached hydrogens (tertiary/aromatic N) is 2. The van der Waals surface area contributed by atoms with Crippen molar-refractivity contribution in [3.63, 3.8) is 0 Å². The fourth-order valence-corrected chi connectivity index (χ4v) is 2.45. The highest BCUT2D eigenvalue weighted by Gasteiger charge is 2.19. The largest absolute Gasteiger partial charge is 0.508 e. The summed E-state index contributed by atoms with van der Waals surface area (Å²) in [6.45, 7) is 3.33. The van der Waals surface area contributed by atoms with Crippen LogP contribution in [-0.4, -0.2) is 14.7 Å². The third-order valence-electron chi connectivity index (χ3n) is 3.45. The molecule has 0 saturated heterocycles. The summed E-state index contributed by atoms with van der Waals surface area (Å²) in [5.41, 5.74) is 2.40. The molecule has 1 aromatic carbocycles. The molecule has 2 aromatic rings. The molecule has 0 radical (unpaired) electrons. The number of imidazole rings is 1. The van der Waals surface area contributed by atoms with Crippen molar-refractivity contribution in [1.29, 1.82) is 0 Å². The zero-order chi connectivity index (χ0) is 11.8. The molecule has 1 unspecified atom stereocenters. The van der Waals surface area contributed by atoms with Gasteiger partial charge in [-0.1, -0.05) is 6.92 Å². The van der Waals surface area contributed by atoms with E-state index in [0.29, 0.717) is 11.7 Å². The Balaban J connectivity index is 2.04. The molecule has 1 aliphatic heterocycles. The molecular weight excluding hydrogens is 212 g/mol. The molecule has 0 saturated carbocycles. The van der Waals surface area contributed by atoms with Crippen molar-refractivity contribution in [3.05, 3.63) is 36.2 Å². The van der Waals surface area contributed by atoms with Crippen LogP contribution in [0.2, 0.25) is 0 Å². The number of phenols is 1. The number of aromatic hydroxyl groups is 1. The minimum Gasteiger partial charge on any atom is -0.508 e. The summed E-state index contributed by atoms with van der Waals surface area (Å²) in [6, 6.07) is 7.26. The maximum Gasteiger partial charge on any atom is 0.140 e. The molecule has 3 nitrogen and oxygen atoms in total. The van der Waals surface area contributed by atoms with Crippen molar-refractivity contribution < 1.29 is 5.11 Å². The minimum absolute atomic E-state index is 0.299. The molecule has 0 spiro atoms. The lowest BCUT2D eigenvalue weighted by molar-refractivity contribution is 0.402. The van der Waals surface area contributed by atoms with Crippen LogP contribution >= 0.6 is 0 Å². The van der Waals surface area contributed by atoms with Crippen molar-refractivity contribution in [2.24, 2.45) is 5.92 Å². The third kappa shape index (κ3) is 1.82. The monoisotopic (exact) mass is 228 g/mol. The van der Waals surface area contributed by atoms with Gasteiger partial charge < -0.3 is 9.67 Å². The highest BCUT2D eigenvalue weighted by atomic mass is 16.3. The van der Waals surface area contributed by atoms with Crippen LogP contribution in [-0.2, 0) is 13.0 Å². The van der Waals surface area contributed by atoms with Crippen LogP contribution in [0.4, 0.5) is 0 Å². The van der Waals surface area contributed by atoms with Crippen LogP contribution in [0.15, 0.2) is 30.5 Å². The van der Waals surface area contributed by atoms with Crippen molar-refractivity contribution in [3.8, 4) is 17.1 Å². The fourth-order valence-electron chi connectivity index (χ4n) is 2.45. The SMILES string of the molecule is CC1CCc2cnc(-c3ccc(O)cc3)n2C1. The van der Waals surface area contributed by atoms with Gasteiger partial charge in [-0.15, -0.1) is 0 Å². The summed E-state index contributed by atoms with van der Waals surface area (Å²) in [5.74, 6) is 2.03. The van der Waals surface area contributed by atoms with Gasteiger partial charge in [0.1, 0.15) is 11.6 Å². The normalized spacial score (nSPS) is 19.0. The van der Waals surface area contributed by atoms with Gasteiger partial charge in [0.25, 0.3) is 0 Å². The quantitative estimate of drug-likeness (QED) is 0.815. The lowest BCUT2D eigenvalue weighted by Crippen LogP contribution is -2.18. The van der Waals surface area contributed by atoms with Crippen molar-refractivity contribution >= 4 is 0 Å². The summed E-state index contributed by atoms with van der Waals surface area (Å²) in [5, 5.41) is 9.31. The first-order valence-electron chi connectivity index (χ1n) is 6.08. The van der Waals surface area contributed by atoms with E-state index in [4.69, 9.17) is 0 Å². The molecule has 0 fully saturated rings. The molecule has 1 N–H and O–H groups in total. The first kappa shape index (κ1) is 10.4. The maximum absolute atomic E-state index is 9.31. The Hall–Kier alpha value is -1.77. The number of benzene rings is 1. The van der Waals surface area contributed by atoms with Crippen molar-refractivity contribution in [2.75, 3.05) is 0 Å². The minimum atomic E-state index is 0.299. The van der Waals surface area contributed by atoms with Gasteiger partial charge in [0.2, 0.25) is 0 Å². The molecule has 88 valence electrons. The van der Waals surface area contributed by atoms with E-state index in [0.717, 1.165) is 24.4 Å². The molecular formula is C14H16N2O. The summed E-state index contributed by atoms with van der Waals surface area (Å²) in [7, 11) is 0. The van der Waals surface area contributed by atoms with Crippen molar-refractivity contribution in [2.45, 2.75) is 26.3 Å². The number of aromatic nitrogens is 2. The van der Waals surface area contributed by atoms with E-state index in [1.807, 2.05) is 18.3 Å². The topological polar surface area (TPSA) is 38.1 Å². The zero-order valence-electron chi connectivity index (χ0n) is 9.93. The number of aryl methyl sites for hydroxylation is 1. The first-order valence-corrected chi connectivity index (χ1v) is 6.08. The Labute approximate surface area is 101 Å². The summed E-state index contributed by atoms with van der Waals surface area (Å²) in [4.78, 5) is 4.51. The van der Waals surface area contributed by atoms with E-state index >= 15 is 0 Å². The van der Waals surface area contributed by atoms with Gasteiger partial charge in [0, 0.05) is 24.0 Å². The molecule has 3 rings (SSSR count). The Morgan fingerprint density at radius 3 is 2.82 bits per heavy atom. The second kappa shape index (κ2) is 3.91. The Bertz CT molecular complexity index is 528. The summed E-state index contributed by atoms with van der Waals surface area (Å²) >= 11 is 0. The molecule has 1 aliphatic rings. The van der Waals surface area contributed by atoms with Crippen LogP contribution in [0, 0.1) is 5.92 Å². The number of rotatable bonds is 1. The third-order valence-corrected chi connectivity index (χ3v) is 3.45. The van der Waals surface area contributed by atoms with E-state index < -0.39 is 0 Å². The Morgan fingerprint density at radius 2 is 2.06 bits per heavy atom. The number of fused-ring (bicyclic) bond motifs is 1. The standard InChI is InChI=1S/C14H16N2O/c1-10-2-5-12-8-15-14(16(12)9-10)11-3-6-13(17)7-4-11/h3-4,6-8,10,17H,2,5,9H2,1H3. The van der Waals surface area contributed by atoms with E-state index in [1.165, 1.54) is 12.1 Å². The molecule has 0 aliphatic carbocycles. The smallest absolute Gasteiger partial charge is 0.140 e. The van der Waals surface area contributed by atoms with E-state index in [9.17, 15) is 5.11 Å². The lowest BCUT2D eigenvalue weighted by Gasteiger charge is -2.22. The average Bonchev–Trinajstić information content (AvgIpc) is 2.73. The van der Waals surface area contributed by atoms with Gasteiger partial charge in [0.05, 0.1) is 0 Å². The molecule has 1 atom stereocenters. The van der Waals surface area contributed by atoms with Crippen LogP contribution < -0.4 is 0 Å². The van der Waals surface area contributed by atoms with Gasteiger partial charge in [0.15, 0.2) is 0 Å². The van der Waals surface area contributed by atoms with Crippen LogP contribution in [0.3, 0.4) is 0 Å². The average molecular weight is 228 g/mol. The molecule has 1 aromatic heterocycles. The highest BCUT2D eigenvalue weighted by molar-refractivity contribution is 5.57.